The van der Waals surface area contributed by atoms with Gasteiger partial charge in [-0.25, -0.2) is 0 Å². The molecule has 4 N–H and O–H groups in total. The van der Waals surface area contributed by atoms with Gasteiger partial charge in [-0.3, -0.25) is 4.90 Å². The van der Waals surface area contributed by atoms with E-state index in [-0.39, 0.29) is 0 Å². The normalized spacial score (nSPS) is 18.2. The van der Waals surface area contributed by atoms with Crippen LogP contribution in [0.1, 0.15) is 27.9 Å². The summed E-state index contributed by atoms with van der Waals surface area (Å²) in [6, 6.07) is 9.53. The Balaban J connectivity index is 1.61. The summed E-state index contributed by atoms with van der Waals surface area (Å²) in [7, 11) is 0. The molecule has 0 bridgehead atoms. The Labute approximate surface area is 149 Å². The van der Waals surface area contributed by atoms with Crippen LogP contribution in [0.4, 0.5) is 5.69 Å². The maximum atomic E-state index is 10.8. The van der Waals surface area contributed by atoms with Gasteiger partial charge >= 0.3 is 0 Å². The third-order valence-electron chi connectivity index (χ3n) is 4.98. The molecule has 1 aliphatic heterocycles. The molecule has 4 rings (SSSR count). The van der Waals surface area contributed by atoms with E-state index >= 15 is 0 Å². The number of aromatic nitrogens is 2. The first-order valence-corrected chi connectivity index (χ1v) is 8.94. The summed E-state index contributed by atoms with van der Waals surface area (Å²) in [6.07, 6.45) is -0.858. The van der Waals surface area contributed by atoms with E-state index in [0.717, 1.165) is 27.0 Å². The van der Waals surface area contributed by atoms with Gasteiger partial charge in [0.2, 0.25) is 0 Å². The van der Waals surface area contributed by atoms with Gasteiger partial charge in [0, 0.05) is 18.5 Å². The van der Waals surface area contributed by atoms with E-state index < -0.39 is 11.8 Å². The third-order valence-corrected chi connectivity index (χ3v) is 6.11. The van der Waals surface area contributed by atoms with Gasteiger partial charge in [0.05, 0.1) is 16.3 Å². The highest BCUT2D eigenvalue weighted by molar-refractivity contribution is 7.19. The summed E-state index contributed by atoms with van der Waals surface area (Å²) >= 11 is 1.36. The summed E-state index contributed by atoms with van der Waals surface area (Å²) in [6.45, 7) is 4.57. The van der Waals surface area contributed by atoms with Crippen LogP contribution in [-0.4, -0.2) is 38.4 Å². The molecule has 3 heterocycles. The van der Waals surface area contributed by atoms with Crippen molar-refractivity contribution >= 4 is 27.2 Å². The number of aliphatic hydroxyl groups is 2. The van der Waals surface area contributed by atoms with Gasteiger partial charge < -0.3 is 15.9 Å². The van der Waals surface area contributed by atoms with E-state index in [9.17, 15) is 10.2 Å². The molecule has 0 radical (unpaired) electrons. The van der Waals surface area contributed by atoms with Crippen LogP contribution in [-0.2, 0) is 5.60 Å². The summed E-state index contributed by atoms with van der Waals surface area (Å²) in [5.74, 6) is 0. The van der Waals surface area contributed by atoms with Crippen LogP contribution < -0.4 is 5.73 Å². The predicted molar refractivity (Wildman–Crippen MR) is 98.2 cm³/mol. The van der Waals surface area contributed by atoms with Crippen LogP contribution in [0.15, 0.2) is 30.3 Å². The standard InChI is InChI=1S/C18H20N4O2S/c1-10-11(2)20-21-16-13(10)14(19)15(25-16)17(23)22-8-18(24,9-22)12-6-4-3-5-7-12/h3-7,17,23-24H,8-9,19H2,1-2H3. The summed E-state index contributed by atoms with van der Waals surface area (Å²) in [5, 5.41) is 30.7. The van der Waals surface area contributed by atoms with Gasteiger partial charge in [0.25, 0.3) is 0 Å². The SMILES string of the molecule is Cc1nnc2sc(C(O)N3CC(O)(c4ccccc4)C3)c(N)c2c1C. The minimum absolute atomic E-state index is 0.357. The van der Waals surface area contributed by atoms with E-state index in [4.69, 9.17) is 5.73 Å². The van der Waals surface area contributed by atoms with Crippen LogP contribution in [0, 0.1) is 13.8 Å². The van der Waals surface area contributed by atoms with Gasteiger partial charge in [0.1, 0.15) is 16.7 Å². The molecule has 1 aliphatic rings. The number of benzene rings is 1. The minimum Gasteiger partial charge on any atom is -0.397 e. The Morgan fingerprint density at radius 2 is 1.88 bits per heavy atom. The molecular formula is C18H20N4O2S. The lowest BCUT2D eigenvalue weighted by molar-refractivity contribution is -0.166. The molecule has 130 valence electrons. The number of thiophene rings is 1. The Hall–Kier alpha value is -2.06. The summed E-state index contributed by atoms with van der Waals surface area (Å²) < 4.78 is 0. The van der Waals surface area contributed by atoms with Crippen molar-refractivity contribution in [1.82, 2.24) is 15.1 Å². The van der Waals surface area contributed by atoms with E-state index in [2.05, 4.69) is 10.2 Å². The van der Waals surface area contributed by atoms with Crippen molar-refractivity contribution in [2.24, 2.45) is 0 Å². The fourth-order valence-corrected chi connectivity index (χ4v) is 4.47. The van der Waals surface area contributed by atoms with Crippen molar-refractivity contribution in [2.75, 3.05) is 18.8 Å². The molecule has 0 aliphatic carbocycles. The average Bonchev–Trinajstić information content (AvgIpc) is 2.93. The number of aryl methyl sites for hydroxylation is 2. The fraction of sp³-hybridized carbons (Fsp3) is 0.333. The number of nitrogen functional groups attached to an aromatic ring is 1. The smallest absolute Gasteiger partial charge is 0.148 e. The lowest BCUT2D eigenvalue weighted by Crippen LogP contribution is -2.60. The molecular weight excluding hydrogens is 336 g/mol. The first-order chi connectivity index (χ1) is 11.9. The van der Waals surface area contributed by atoms with Crippen molar-refractivity contribution in [3.63, 3.8) is 0 Å². The molecule has 0 spiro atoms. The molecule has 2 aromatic heterocycles. The average molecular weight is 356 g/mol. The lowest BCUT2D eigenvalue weighted by atomic mass is 9.86. The Kier molecular flexibility index (Phi) is 3.77. The number of nitrogens with zero attached hydrogens (tertiary/aromatic N) is 3. The second-order valence-electron chi connectivity index (χ2n) is 6.65. The van der Waals surface area contributed by atoms with Crippen LogP contribution in [0.2, 0.25) is 0 Å². The van der Waals surface area contributed by atoms with Crippen molar-refractivity contribution in [3.05, 3.63) is 52.0 Å². The highest BCUT2D eigenvalue weighted by atomic mass is 32.1. The van der Waals surface area contributed by atoms with E-state index in [1.165, 1.54) is 11.3 Å². The van der Waals surface area contributed by atoms with E-state index in [0.29, 0.717) is 23.7 Å². The molecule has 1 atom stereocenters. The number of nitrogens with two attached hydrogens (primary N) is 1. The van der Waals surface area contributed by atoms with Crippen molar-refractivity contribution in [1.29, 1.82) is 0 Å². The molecule has 6 nitrogen and oxygen atoms in total. The minimum atomic E-state index is -0.931. The Morgan fingerprint density at radius 1 is 1.20 bits per heavy atom. The molecule has 7 heteroatoms. The predicted octanol–water partition coefficient (Wildman–Crippen LogP) is 2.08. The molecule has 1 unspecified atom stereocenters. The van der Waals surface area contributed by atoms with Crippen molar-refractivity contribution in [2.45, 2.75) is 25.7 Å². The molecule has 3 aromatic rings. The number of hydrogen-bond acceptors (Lipinski definition) is 7. The highest BCUT2D eigenvalue weighted by Gasteiger charge is 2.46. The van der Waals surface area contributed by atoms with Crippen LogP contribution >= 0.6 is 11.3 Å². The number of hydrogen-bond donors (Lipinski definition) is 3. The topological polar surface area (TPSA) is 95.5 Å². The fourth-order valence-electron chi connectivity index (χ4n) is 3.34. The van der Waals surface area contributed by atoms with E-state index in [1.807, 2.05) is 49.1 Å². The lowest BCUT2D eigenvalue weighted by Gasteiger charge is -2.48. The van der Waals surface area contributed by atoms with Gasteiger partial charge in [0.15, 0.2) is 0 Å². The number of β-amino-alcohol motifs (C(OH)–C–C–N with tert-alkyl or cyclic N) is 1. The Bertz CT molecular complexity index is 935. The molecule has 0 amide bonds. The quantitative estimate of drug-likeness (QED) is 0.665. The molecule has 0 saturated carbocycles. The number of rotatable bonds is 3. The third kappa shape index (κ3) is 2.51. The Morgan fingerprint density at radius 3 is 2.56 bits per heavy atom. The van der Waals surface area contributed by atoms with Gasteiger partial charge in [-0.2, -0.15) is 5.10 Å². The van der Waals surface area contributed by atoms with Gasteiger partial charge in [-0.15, -0.1) is 16.4 Å². The first-order valence-electron chi connectivity index (χ1n) is 8.12. The zero-order valence-corrected chi connectivity index (χ0v) is 14.9. The summed E-state index contributed by atoms with van der Waals surface area (Å²) in [4.78, 5) is 3.20. The maximum Gasteiger partial charge on any atom is 0.148 e. The van der Waals surface area contributed by atoms with Crippen molar-refractivity contribution < 1.29 is 10.2 Å². The molecule has 1 saturated heterocycles. The first kappa shape index (κ1) is 16.4. The number of anilines is 1. The van der Waals surface area contributed by atoms with Crippen molar-refractivity contribution in [3.8, 4) is 0 Å². The largest absolute Gasteiger partial charge is 0.397 e. The van der Waals surface area contributed by atoms with E-state index in [1.54, 1.807) is 0 Å². The molecule has 1 aromatic carbocycles. The zero-order chi connectivity index (χ0) is 17.8. The maximum absolute atomic E-state index is 10.8. The number of likely N-dealkylation sites (tertiary alicyclic amines) is 1. The number of fused-ring (bicyclic) bond motifs is 1. The highest BCUT2D eigenvalue weighted by Crippen LogP contribution is 2.43. The van der Waals surface area contributed by atoms with Crippen LogP contribution in [0.3, 0.4) is 0 Å². The van der Waals surface area contributed by atoms with Crippen LogP contribution in [0.25, 0.3) is 10.2 Å². The summed E-state index contributed by atoms with van der Waals surface area (Å²) in [5.41, 5.74) is 8.60. The van der Waals surface area contributed by atoms with Gasteiger partial charge in [-0.1, -0.05) is 30.3 Å². The van der Waals surface area contributed by atoms with Crippen LogP contribution in [0.5, 0.6) is 0 Å². The second kappa shape index (κ2) is 5.74. The zero-order valence-electron chi connectivity index (χ0n) is 14.1. The number of aliphatic hydroxyl groups excluding tert-OH is 1. The molecule has 25 heavy (non-hydrogen) atoms. The second-order valence-corrected chi connectivity index (χ2v) is 7.68. The monoisotopic (exact) mass is 356 g/mol. The molecule has 1 fully saturated rings. The van der Waals surface area contributed by atoms with Gasteiger partial charge in [-0.05, 0) is 25.0 Å².